The van der Waals surface area contributed by atoms with Crippen molar-refractivity contribution < 1.29 is 9.59 Å². The summed E-state index contributed by atoms with van der Waals surface area (Å²) in [6, 6.07) is 14.5. The Labute approximate surface area is 136 Å². The van der Waals surface area contributed by atoms with Crippen LogP contribution in [0.15, 0.2) is 48.5 Å². The zero-order chi connectivity index (χ0) is 16.7. The molecule has 0 atom stereocenters. The lowest BCUT2D eigenvalue weighted by Crippen LogP contribution is -2.13. The fourth-order valence-corrected chi connectivity index (χ4v) is 2.11. The average molecular weight is 310 g/mol. The van der Waals surface area contributed by atoms with E-state index in [4.69, 9.17) is 0 Å². The van der Waals surface area contributed by atoms with Crippen LogP contribution in [0.5, 0.6) is 0 Å². The largest absolute Gasteiger partial charge is 0.326 e. The van der Waals surface area contributed by atoms with Gasteiger partial charge in [0.15, 0.2) is 0 Å². The number of rotatable bonds is 6. The molecular formula is C19H22N2O2. The van der Waals surface area contributed by atoms with Gasteiger partial charge in [0.2, 0.25) is 5.91 Å². The number of hydrogen-bond donors (Lipinski definition) is 2. The maximum Gasteiger partial charge on any atom is 0.255 e. The van der Waals surface area contributed by atoms with E-state index in [-0.39, 0.29) is 11.8 Å². The number of unbranched alkanes of at least 4 members (excludes halogenated alkanes) is 1. The normalized spacial score (nSPS) is 10.2. The Balaban J connectivity index is 1.94. The number of anilines is 2. The van der Waals surface area contributed by atoms with Crippen molar-refractivity contribution in [2.24, 2.45) is 0 Å². The molecule has 0 saturated heterocycles. The first-order valence-electron chi connectivity index (χ1n) is 7.86. The molecule has 0 heterocycles. The first kappa shape index (κ1) is 16.7. The van der Waals surface area contributed by atoms with Gasteiger partial charge in [-0.3, -0.25) is 9.59 Å². The molecule has 0 bridgehead atoms. The molecule has 0 radical (unpaired) electrons. The zero-order valence-electron chi connectivity index (χ0n) is 13.6. The first-order chi connectivity index (χ1) is 11.1. The lowest BCUT2D eigenvalue weighted by atomic mass is 10.1. The Bertz CT molecular complexity index is 661. The molecule has 120 valence electrons. The van der Waals surface area contributed by atoms with Crippen molar-refractivity contribution in [1.29, 1.82) is 0 Å². The summed E-state index contributed by atoms with van der Waals surface area (Å²) >= 11 is 0. The quantitative estimate of drug-likeness (QED) is 0.832. The molecule has 2 rings (SSSR count). The van der Waals surface area contributed by atoms with Crippen LogP contribution in [0.2, 0.25) is 0 Å². The zero-order valence-corrected chi connectivity index (χ0v) is 13.6. The standard InChI is InChI=1S/C19H22N2O2/c1-3-4-5-18(22)20-16-12-8-15(9-13-16)19(23)21-17-10-6-14(2)7-11-17/h6-13H,3-5H2,1-2H3,(H,20,22)(H,21,23). The van der Waals surface area contributed by atoms with Gasteiger partial charge < -0.3 is 10.6 Å². The second kappa shape index (κ2) is 8.13. The van der Waals surface area contributed by atoms with Crippen LogP contribution in [0.4, 0.5) is 11.4 Å². The molecule has 0 saturated carbocycles. The Morgan fingerprint density at radius 1 is 0.870 bits per heavy atom. The molecule has 2 aromatic rings. The summed E-state index contributed by atoms with van der Waals surface area (Å²) in [6.07, 6.45) is 2.39. The molecule has 2 aromatic carbocycles. The maximum absolute atomic E-state index is 12.2. The van der Waals surface area contributed by atoms with Gasteiger partial charge in [-0.25, -0.2) is 0 Å². The summed E-state index contributed by atoms with van der Waals surface area (Å²) in [5.41, 5.74) is 3.17. The van der Waals surface area contributed by atoms with Gasteiger partial charge in [-0.2, -0.15) is 0 Å². The number of amides is 2. The molecule has 0 aliphatic rings. The molecule has 0 aliphatic heterocycles. The van der Waals surface area contributed by atoms with E-state index in [2.05, 4.69) is 17.6 Å². The minimum Gasteiger partial charge on any atom is -0.326 e. The molecule has 0 unspecified atom stereocenters. The van der Waals surface area contributed by atoms with Crippen molar-refractivity contribution in [1.82, 2.24) is 0 Å². The summed E-state index contributed by atoms with van der Waals surface area (Å²) in [5, 5.41) is 5.68. The van der Waals surface area contributed by atoms with E-state index in [1.807, 2.05) is 31.2 Å². The monoisotopic (exact) mass is 310 g/mol. The van der Waals surface area contributed by atoms with E-state index in [0.717, 1.165) is 24.1 Å². The van der Waals surface area contributed by atoms with Crippen LogP contribution in [-0.2, 0) is 4.79 Å². The SMILES string of the molecule is CCCCC(=O)Nc1ccc(C(=O)Nc2ccc(C)cc2)cc1. The van der Waals surface area contributed by atoms with Crippen molar-refractivity contribution >= 4 is 23.2 Å². The number of benzene rings is 2. The summed E-state index contributed by atoms with van der Waals surface area (Å²) < 4.78 is 0. The Kier molecular flexibility index (Phi) is 5.92. The van der Waals surface area contributed by atoms with Gasteiger partial charge in [0.25, 0.3) is 5.91 Å². The molecule has 0 fully saturated rings. The molecule has 2 amide bonds. The van der Waals surface area contributed by atoms with E-state index >= 15 is 0 Å². The second-order valence-corrected chi connectivity index (χ2v) is 5.55. The van der Waals surface area contributed by atoms with Crippen LogP contribution in [0.1, 0.15) is 42.1 Å². The molecule has 2 N–H and O–H groups in total. The third-order valence-corrected chi connectivity index (χ3v) is 3.50. The number of carbonyl (C=O) groups is 2. The van der Waals surface area contributed by atoms with Gasteiger partial charge >= 0.3 is 0 Å². The Hall–Kier alpha value is -2.62. The molecule has 0 spiro atoms. The maximum atomic E-state index is 12.2. The lowest BCUT2D eigenvalue weighted by molar-refractivity contribution is -0.116. The van der Waals surface area contributed by atoms with E-state index < -0.39 is 0 Å². The first-order valence-corrected chi connectivity index (χ1v) is 7.86. The summed E-state index contributed by atoms with van der Waals surface area (Å²) in [5.74, 6) is -0.165. The van der Waals surface area contributed by atoms with Crippen molar-refractivity contribution in [3.8, 4) is 0 Å². The predicted molar refractivity (Wildman–Crippen MR) is 93.7 cm³/mol. The van der Waals surface area contributed by atoms with Crippen molar-refractivity contribution in [3.63, 3.8) is 0 Å². The minimum absolute atomic E-state index is 0.00343. The summed E-state index contributed by atoms with van der Waals surface area (Å²) in [6.45, 7) is 4.05. The minimum atomic E-state index is -0.169. The highest BCUT2D eigenvalue weighted by Gasteiger charge is 2.07. The van der Waals surface area contributed by atoms with Crippen LogP contribution < -0.4 is 10.6 Å². The van der Waals surface area contributed by atoms with Crippen LogP contribution in [0, 0.1) is 6.92 Å². The van der Waals surface area contributed by atoms with Gasteiger partial charge in [0.1, 0.15) is 0 Å². The van der Waals surface area contributed by atoms with Crippen molar-refractivity contribution in [3.05, 3.63) is 59.7 Å². The molecule has 4 heteroatoms. The number of nitrogens with one attached hydrogen (secondary N) is 2. The molecular weight excluding hydrogens is 288 g/mol. The Morgan fingerprint density at radius 2 is 1.43 bits per heavy atom. The van der Waals surface area contributed by atoms with Crippen molar-refractivity contribution in [2.75, 3.05) is 10.6 Å². The highest BCUT2D eigenvalue weighted by atomic mass is 16.2. The second-order valence-electron chi connectivity index (χ2n) is 5.55. The molecule has 23 heavy (non-hydrogen) atoms. The van der Waals surface area contributed by atoms with Crippen LogP contribution in [-0.4, -0.2) is 11.8 Å². The van der Waals surface area contributed by atoms with E-state index in [1.165, 1.54) is 0 Å². The summed E-state index contributed by atoms with van der Waals surface area (Å²) in [7, 11) is 0. The lowest BCUT2D eigenvalue weighted by Gasteiger charge is -2.08. The number of carbonyl (C=O) groups excluding carboxylic acids is 2. The predicted octanol–water partition coefficient (Wildman–Crippen LogP) is 4.38. The molecule has 0 aromatic heterocycles. The molecule has 4 nitrogen and oxygen atoms in total. The smallest absolute Gasteiger partial charge is 0.255 e. The fraction of sp³-hybridized carbons (Fsp3) is 0.263. The average Bonchev–Trinajstić information content (AvgIpc) is 2.55. The fourth-order valence-electron chi connectivity index (χ4n) is 2.11. The van der Waals surface area contributed by atoms with Crippen LogP contribution >= 0.6 is 0 Å². The van der Waals surface area contributed by atoms with Gasteiger partial charge in [-0.05, 0) is 49.7 Å². The topological polar surface area (TPSA) is 58.2 Å². The van der Waals surface area contributed by atoms with E-state index in [1.54, 1.807) is 24.3 Å². The van der Waals surface area contributed by atoms with E-state index in [9.17, 15) is 9.59 Å². The van der Waals surface area contributed by atoms with Crippen LogP contribution in [0.25, 0.3) is 0 Å². The number of hydrogen-bond acceptors (Lipinski definition) is 2. The highest BCUT2D eigenvalue weighted by Crippen LogP contribution is 2.14. The third-order valence-electron chi connectivity index (χ3n) is 3.50. The van der Waals surface area contributed by atoms with Crippen molar-refractivity contribution in [2.45, 2.75) is 33.1 Å². The van der Waals surface area contributed by atoms with Crippen LogP contribution in [0.3, 0.4) is 0 Å². The van der Waals surface area contributed by atoms with Gasteiger partial charge in [-0.15, -0.1) is 0 Å². The Morgan fingerprint density at radius 3 is 2.04 bits per heavy atom. The summed E-state index contributed by atoms with van der Waals surface area (Å²) in [4.78, 5) is 23.8. The van der Waals surface area contributed by atoms with E-state index in [0.29, 0.717) is 17.7 Å². The van der Waals surface area contributed by atoms with Gasteiger partial charge in [0, 0.05) is 23.4 Å². The number of aryl methyl sites for hydroxylation is 1. The highest BCUT2D eigenvalue weighted by molar-refractivity contribution is 6.04. The van der Waals surface area contributed by atoms with Gasteiger partial charge in [0.05, 0.1) is 0 Å². The molecule has 0 aliphatic carbocycles. The van der Waals surface area contributed by atoms with Gasteiger partial charge in [-0.1, -0.05) is 31.0 Å². The third kappa shape index (κ3) is 5.25.